The summed E-state index contributed by atoms with van der Waals surface area (Å²) in [4.78, 5) is 0.412. The fourth-order valence-electron chi connectivity index (χ4n) is 0.577. The van der Waals surface area contributed by atoms with Crippen LogP contribution in [0.25, 0.3) is 0 Å². The van der Waals surface area contributed by atoms with Gasteiger partial charge >= 0.3 is 0 Å². The van der Waals surface area contributed by atoms with Gasteiger partial charge in [-0.2, -0.15) is 0 Å². The van der Waals surface area contributed by atoms with Gasteiger partial charge in [0.15, 0.2) is 4.84 Å². The molecule has 0 spiro atoms. The molecule has 0 saturated carbocycles. The van der Waals surface area contributed by atoms with Gasteiger partial charge in [-0.1, -0.05) is 47.5 Å². The summed E-state index contributed by atoms with van der Waals surface area (Å²) < 4.78 is 0. The van der Waals surface area contributed by atoms with Crippen molar-refractivity contribution in [2.45, 2.75) is 0 Å². The average Bonchev–Trinajstić information content (AvgIpc) is 2.12. The Bertz CT molecular complexity index is 117. The molecule has 1 rings (SSSR count). The summed E-state index contributed by atoms with van der Waals surface area (Å²) in [6, 6.07) is 0. The predicted octanol–water partition coefficient (Wildman–Crippen LogP) is 2.69. The first-order chi connectivity index (χ1) is 3.80. The zero-order valence-electron chi connectivity index (χ0n) is 4.64. The van der Waals surface area contributed by atoms with Gasteiger partial charge in [0.2, 0.25) is 0 Å². The van der Waals surface area contributed by atoms with Crippen LogP contribution in [-0.2, 0) is 26.2 Å². The molecule has 0 nitrogen and oxygen atoms in total. The van der Waals surface area contributed by atoms with Crippen molar-refractivity contribution in [2.75, 3.05) is 0 Å². The van der Waals surface area contributed by atoms with Gasteiger partial charge in [0.25, 0.3) is 0 Å². The van der Waals surface area contributed by atoms with Crippen LogP contribution in [0.5, 0.6) is 0 Å². The van der Waals surface area contributed by atoms with Crippen LogP contribution in [0, 0.1) is 10.8 Å². The maximum atomic E-state index is 5.46. The third-order valence-electron chi connectivity index (χ3n) is 1.000. The zero-order valence-corrected chi connectivity index (χ0v) is 8.61. The molecule has 0 atom stereocenters. The Balaban J connectivity index is 0.000000640. The summed E-state index contributed by atoms with van der Waals surface area (Å²) in [5, 5.41) is 0. The molecule has 3 heteroatoms. The van der Waals surface area contributed by atoms with Crippen molar-refractivity contribution >= 4 is 23.2 Å². The second kappa shape index (κ2) is 4.71. The van der Waals surface area contributed by atoms with E-state index in [0.717, 1.165) is 0 Å². The van der Waals surface area contributed by atoms with E-state index in [1.54, 1.807) is 0 Å². The molecule has 0 fully saturated rings. The van der Waals surface area contributed by atoms with Crippen LogP contribution in [0.4, 0.5) is 0 Å². The molecule has 0 unspecified atom stereocenters. The van der Waals surface area contributed by atoms with E-state index in [1.165, 1.54) is 0 Å². The van der Waals surface area contributed by atoms with Gasteiger partial charge in [0, 0.05) is 32.1 Å². The first-order valence-electron chi connectivity index (χ1n) is 2.33. The third-order valence-corrected chi connectivity index (χ3v) is 1.50. The summed E-state index contributed by atoms with van der Waals surface area (Å²) in [6.07, 6.45) is 7.73. The quantitative estimate of drug-likeness (QED) is 0.660. The Labute approximate surface area is 84.0 Å². The molecule has 0 bridgehead atoms. The van der Waals surface area contributed by atoms with Crippen LogP contribution in [0.1, 0.15) is 0 Å². The van der Waals surface area contributed by atoms with E-state index in [-0.39, 0.29) is 32.1 Å². The standard InChI is InChI=1S/C6H5Cl2.Zr/c7-6(8)5-3-1-2-4-5;/h1-5H;. The number of halogens is 2. The molecular weight excluding hydrogens is 234 g/mol. The molecule has 0 heterocycles. The minimum absolute atomic E-state index is 0. The maximum absolute atomic E-state index is 5.46. The molecule has 47 valence electrons. The molecule has 0 saturated heterocycles. The topological polar surface area (TPSA) is 0 Å². The molecule has 0 aromatic heterocycles. The fourth-order valence-corrected chi connectivity index (χ4v) is 0.868. The zero-order chi connectivity index (χ0) is 5.98. The predicted molar refractivity (Wildman–Crippen MR) is 36.7 cm³/mol. The summed E-state index contributed by atoms with van der Waals surface area (Å²) in [5.74, 6) is 0.151. The molecule has 0 aromatic carbocycles. The van der Waals surface area contributed by atoms with Gasteiger partial charge in [-0.15, -0.1) is 0 Å². The van der Waals surface area contributed by atoms with Gasteiger partial charge in [-0.3, -0.25) is 0 Å². The number of hydrogen-bond donors (Lipinski definition) is 0. The minimum atomic E-state index is 0. The SMILES string of the molecule is Cl[C](Cl)C1C=CC=C1.[Zr]. The van der Waals surface area contributed by atoms with E-state index in [1.807, 2.05) is 24.3 Å². The van der Waals surface area contributed by atoms with E-state index < -0.39 is 0 Å². The van der Waals surface area contributed by atoms with Crippen LogP contribution >= 0.6 is 23.2 Å². The van der Waals surface area contributed by atoms with Crippen molar-refractivity contribution in [3.05, 3.63) is 29.1 Å². The summed E-state index contributed by atoms with van der Waals surface area (Å²) in [7, 11) is 0. The van der Waals surface area contributed by atoms with E-state index in [9.17, 15) is 0 Å². The van der Waals surface area contributed by atoms with Crippen LogP contribution in [0.3, 0.4) is 0 Å². The van der Waals surface area contributed by atoms with Crippen molar-refractivity contribution < 1.29 is 26.2 Å². The molecular formula is C6H5Cl2Zr. The van der Waals surface area contributed by atoms with Crippen molar-refractivity contribution in [2.24, 2.45) is 5.92 Å². The van der Waals surface area contributed by atoms with E-state index >= 15 is 0 Å². The van der Waals surface area contributed by atoms with Gasteiger partial charge < -0.3 is 0 Å². The Morgan fingerprint density at radius 2 is 1.56 bits per heavy atom. The minimum Gasteiger partial charge on any atom is -0.0972 e. The Morgan fingerprint density at radius 1 is 1.11 bits per heavy atom. The van der Waals surface area contributed by atoms with Gasteiger partial charge in [0.1, 0.15) is 0 Å². The van der Waals surface area contributed by atoms with Crippen LogP contribution in [0.15, 0.2) is 24.3 Å². The van der Waals surface area contributed by atoms with E-state index in [2.05, 4.69) is 0 Å². The van der Waals surface area contributed by atoms with Crippen LogP contribution in [-0.4, -0.2) is 0 Å². The summed E-state index contributed by atoms with van der Waals surface area (Å²) in [5.41, 5.74) is 0. The molecule has 9 heavy (non-hydrogen) atoms. The summed E-state index contributed by atoms with van der Waals surface area (Å²) >= 11 is 10.9. The Hall–Kier alpha value is 0.943. The van der Waals surface area contributed by atoms with E-state index in [0.29, 0.717) is 4.84 Å². The molecule has 0 amide bonds. The van der Waals surface area contributed by atoms with Crippen molar-refractivity contribution in [3.63, 3.8) is 0 Å². The second-order valence-electron chi connectivity index (χ2n) is 1.59. The fraction of sp³-hybridized carbons (Fsp3) is 0.167. The first-order valence-corrected chi connectivity index (χ1v) is 3.09. The van der Waals surface area contributed by atoms with Crippen LogP contribution in [0.2, 0.25) is 0 Å². The van der Waals surface area contributed by atoms with E-state index in [4.69, 9.17) is 23.2 Å². The molecule has 0 aromatic rings. The average molecular weight is 239 g/mol. The first kappa shape index (κ1) is 9.94. The third kappa shape index (κ3) is 3.02. The van der Waals surface area contributed by atoms with Crippen molar-refractivity contribution in [1.82, 2.24) is 0 Å². The number of allylic oxidation sites excluding steroid dienone is 4. The molecule has 1 aliphatic rings. The van der Waals surface area contributed by atoms with Gasteiger partial charge in [-0.05, 0) is 0 Å². The van der Waals surface area contributed by atoms with Crippen molar-refractivity contribution in [1.29, 1.82) is 0 Å². The largest absolute Gasteiger partial charge is 0.161 e. The Morgan fingerprint density at radius 3 is 1.78 bits per heavy atom. The smallest absolute Gasteiger partial charge is 0.0972 e. The molecule has 0 N–H and O–H groups in total. The molecule has 0 aliphatic heterocycles. The summed E-state index contributed by atoms with van der Waals surface area (Å²) in [6.45, 7) is 0. The number of hydrogen-bond acceptors (Lipinski definition) is 0. The normalized spacial score (nSPS) is 16.8. The Kier molecular flexibility index (Phi) is 5.21. The second-order valence-corrected chi connectivity index (χ2v) is 2.59. The monoisotopic (exact) mass is 237 g/mol. The number of rotatable bonds is 1. The van der Waals surface area contributed by atoms with Crippen LogP contribution < -0.4 is 0 Å². The maximum Gasteiger partial charge on any atom is 0.161 e. The van der Waals surface area contributed by atoms with Gasteiger partial charge in [-0.25, -0.2) is 0 Å². The van der Waals surface area contributed by atoms with Gasteiger partial charge in [0.05, 0.1) is 0 Å². The molecule has 1 radical (unpaired) electrons. The molecule has 1 aliphatic carbocycles. The van der Waals surface area contributed by atoms with Crippen molar-refractivity contribution in [3.8, 4) is 0 Å².